The molecule has 0 saturated carbocycles. The van der Waals surface area contributed by atoms with E-state index in [-0.39, 0.29) is 29.1 Å². The number of rotatable bonds is 2. The van der Waals surface area contributed by atoms with E-state index in [0.29, 0.717) is 32.2 Å². The molecule has 0 radical (unpaired) electrons. The molecule has 3 heterocycles. The summed E-state index contributed by atoms with van der Waals surface area (Å²) in [7, 11) is 3.32. The van der Waals surface area contributed by atoms with Gasteiger partial charge >= 0.3 is 0 Å². The average molecular weight is 396 g/mol. The van der Waals surface area contributed by atoms with Crippen molar-refractivity contribution in [3.05, 3.63) is 58.0 Å². The lowest BCUT2D eigenvalue weighted by Gasteiger charge is -2.42. The summed E-state index contributed by atoms with van der Waals surface area (Å²) < 4.78 is 7.54. The Morgan fingerprint density at radius 3 is 2.76 bits per heavy atom. The Kier molecular flexibility index (Phi) is 4.86. The molecule has 2 aromatic rings. The van der Waals surface area contributed by atoms with Gasteiger partial charge in [0.15, 0.2) is 0 Å². The first-order valence-electron chi connectivity index (χ1n) is 9.74. The van der Waals surface area contributed by atoms with Crippen molar-refractivity contribution >= 4 is 11.8 Å². The van der Waals surface area contributed by atoms with Crippen molar-refractivity contribution in [3.8, 4) is 5.75 Å². The molecule has 4 rings (SSSR count). The fourth-order valence-electron chi connectivity index (χ4n) is 4.06. The Morgan fingerprint density at radius 2 is 1.97 bits per heavy atom. The van der Waals surface area contributed by atoms with E-state index in [1.807, 2.05) is 31.3 Å². The third-order valence-corrected chi connectivity index (χ3v) is 5.82. The molecule has 1 aromatic heterocycles. The van der Waals surface area contributed by atoms with Crippen LogP contribution in [0.5, 0.6) is 5.75 Å². The second kappa shape index (κ2) is 7.35. The number of aromatic nitrogens is 2. The molecule has 8 heteroatoms. The molecule has 2 unspecified atom stereocenters. The second-order valence-electron chi connectivity index (χ2n) is 7.80. The minimum Gasteiger partial charge on any atom is -0.487 e. The van der Waals surface area contributed by atoms with Gasteiger partial charge < -0.3 is 15.0 Å². The summed E-state index contributed by atoms with van der Waals surface area (Å²) >= 11 is 0. The molecule has 8 nitrogen and oxygen atoms in total. The molecule has 1 aromatic carbocycles. The molecular weight excluding hydrogens is 372 g/mol. The Labute approximate surface area is 168 Å². The highest BCUT2D eigenvalue weighted by molar-refractivity contribution is 5.92. The van der Waals surface area contributed by atoms with Crippen molar-refractivity contribution in [2.75, 3.05) is 13.6 Å². The van der Waals surface area contributed by atoms with Gasteiger partial charge in [-0.15, -0.1) is 0 Å². The van der Waals surface area contributed by atoms with E-state index in [9.17, 15) is 14.4 Å². The Bertz CT molecular complexity index is 1020. The van der Waals surface area contributed by atoms with Crippen LogP contribution in [0.15, 0.2) is 41.2 Å². The number of likely N-dealkylation sites (tertiary alicyclic amines) is 1. The van der Waals surface area contributed by atoms with Crippen LogP contribution in [0.4, 0.5) is 0 Å². The molecule has 2 aliphatic heterocycles. The van der Waals surface area contributed by atoms with Gasteiger partial charge in [0.05, 0.1) is 6.04 Å². The molecule has 0 aliphatic carbocycles. The maximum absolute atomic E-state index is 12.8. The number of hydrogen-bond acceptors (Lipinski definition) is 5. The summed E-state index contributed by atoms with van der Waals surface area (Å²) in [5.41, 5.74) is 0.300. The van der Waals surface area contributed by atoms with Crippen molar-refractivity contribution in [1.82, 2.24) is 20.0 Å². The van der Waals surface area contributed by atoms with Crippen LogP contribution >= 0.6 is 0 Å². The highest BCUT2D eigenvalue weighted by atomic mass is 16.5. The highest BCUT2D eigenvalue weighted by Gasteiger charge is 2.43. The van der Waals surface area contributed by atoms with Gasteiger partial charge in [-0.05, 0) is 18.6 Å². The number of amides is 2. The largest absolute Gasteiger partial charge is 0.487 e. The number of aryl methyl sites for hydroxylation is 1. The van der Waals surface area contributed by atoms with Crippen molar-refractivity contribution in [1.29, 1.82) is 0 Å². The van der Waals surface area contributed by atoms with Gasteiger partial charge in [0.25, 0.3) is 11.5 Å². The number of carbonyl (C=O) groups excluding carboxylic acids is 2. The van der Waals surface area contributed by atoms with Gasteiger partial charge in [0, 0.05) is 51.5 Å². The molecule has 1 spiro atoms. The van der Waals surface area contributed by atoms with Crippen molar-refractivity contribution < 1.29 is 14.3 Å². The first-order valence-corrected chi connectivity index (χ1v) is 9.74. The molecule has 1 fully saturated rings. The molecule has 1 N–H and O–H groups in total. The van der Waals surface area contributed by atoms with Crippen LogP contribution in [0.25, 0.3) is 0 Å². The van der Waals surface area contributed by atoms with Crippen LogP contribution in [0.2, 0.25) is 0 Å². The third kappa shape index (κ3) is 3.74. The topological polar surface area (TPSA) is 93.5 Å². The van der Waals surface area contributed by atoms with Crippen molar-refractivity contribution in [2.45, 2.75) is 37.3 Å². The zero-order chi connectivity index (χ0) is 20.6. The normalized spacial score (nSPS) is 23.9. The molecular formula is C21H24N4O4. The third-order valence-electron chi connectivity index (χ3n) is 5.82. The fraction of sp³-hybridized carbons (Fsp3) is 0.429. The van der Waals surface area contributed by atoms with Gasteiger partial charge in [-0.25, -0.2) is 4.68 Å². The fourth-order valence-corrected chi connectivity index (χ4v) is 4.06. The molecule has 1 saturated heterocycles. The average Bonchev–Trinajstić information content (AvgIpc) is 2.84. The monoisotopic (exact) mass is 396 g/mol. The second-order valence-corrected chi connectivity index (χ2v) is 7.80. The van der Waals surface area contributed by atoms with Crippen molar-refractivity contribution in [2.24, 2.45) is 7.05 Å². The molecule has 2 atom stereocenters. The predicted molar refractivity (Wildman–Crippen MR) is 106 cm³/mol. The zero-order valence-corrected chi connectivity index (χ0v) is 16.6. The zero-order valence-electron chi connectivity index (χ0n) is 16.6. The Morgan fingerprint density at radius 1 is 1.17 bits per heavy atom. The summed E-state index contributed by atoms with van der Waals surface area (Å²) in [6, 6.07) is 10.1. The predicted octanol–water partition coefficient (Wildman–Crippen LogP) is 1.42. The number of ether oxygens (including phenoxy) is 1. The standard InChI is InChI=1S/C21H24N4O4/c1-24-12-11-21(10-9-18(24)26)13-16(14-5-3-4-6-17(14)29-21)22-20(28)15-7-8-19(27)25(2)23-15/h3-8,16H,9-13H2,1-2H3,(H,22,28). The molecule has 0 bridgehead atoms. The van der Waals surface area contributed by atoms with Gasteiger partial charge in [-0.2, -0.15) is 5.10 Å². The van der Waals surface area contributed by atoms with Crippen LogP contribution < -0.4 is 15.6 Å². The maximum atomic E-state index is 12.8. The van der Waals surface area contributed by atoms with Gasteiger partial charge in [0.2, 0.25) is 5.91 Å². The van der Waals surface area contributed by atoms with Crippen LogP contribution in [-0.2, 0) is 11.8 Å². The van der Waals surface area contributed by atoms with Crippen LogP contribution in [0.3, 0.4) is 0 Å². The Balaban J connectivity index is 1.63. The highest BCUT2D eigenvalue weighted by Crippen LogP contribution is 2.44. The van der Waals surface area contributed by atoms with E-state index in [1.54, 1.807) is 4.90 Å². The molecule has 29 heavy (non-hydrogen) atoms. The van der Waals surface area contributed by atoms with Gasteiger partial charge in [-0.1, -0.05) is 18.2 Å². The number of benzene rings is 1. The minimum atomic E-state index is -0.510. The summed E-state index contributed by atoms with van der Waals surface area (Å²) in [6.45, 7) is 0.615. The van der Waals surface area contributed by atoms with E-state index >= 15 is 0 Å². The molecule has 152 valence electrons. The quantitative estimate of drug-likeness (QED) is 0.829. The first-order chi connectivity index (χ1) is 13.9. The lowest BCUT2D eigenvalue weighted by Crippen LogP contribution is -2.46. The molecule has 2 aliphatic rings. The van der Waals surface area contributed by atoms with Crippen LogP contribution in [0.1, 0.15) is 47.8 Å². The number of carbonyl (C=O) groups is 2. The van der Waals surface area contributed by atoms with Crippen LogP contribution in [-0.4, -0.2) is 45.7 Å². The number of nitrogens with one attached hydrogen (secondary N) is 1. The summed E-state index contributed by atoms with van der Waals surface area (Å²) in [6.07, 6.45) is 2.30. The lowest BCUT2D eigenvalue weighted by molar-refractivity contribution is -0.129. The van der Waals surface area contributed by atoms with Crippen molar-refractivity contribution in [3.63, 3.8) is 0 Å². The lowest BCUT2D eigenvalue weighted by atomic mass is 9.82. The van der Waals surface area contributed by atoms with Gasteiger partial charge in [0.1, 0.15) is 17.0 Å². The van der Waals surface area contributed by atoms with E-state index < -0.39 is 5.60 Å². The van der Waals surface area contributed by atoms with Gasteiger partial charge in [-0.3, -0.25) is 14.4 Å². The summed E-state index contributed by atoms with van der Waals surface area (Å²) in [5.74, 6) is 0.494. The summed E-state index contributed by atoms with van der Waals surface area (Å²) in [4.78, 5) is 38.3. The number of nitrogens with zero attached hydrogens (tertiary/aromatic N) is 3. The van der Waals surface area contributed by atoms with E-state index in [0.717, 1.165) is 16.0 Å². The van der Waals surface area contributed by atoms with E-state index in [2.05, 4.69) is 10.4 Å². The van der Waals surface area contributed by atoms with Crippen LogP contribution in [0, 0.1) is 0 Å². The number of hydrogen-bond donors (Lipinski definition) is 1. The summed E-state index contributed by atoms with van der Waals surface area (Å²) in [5, 5.41) is 7.10. The number of fused-ring (bicyclic) bond motifs is 1. The smallest absolute Gasteiger partial charge is 0.272 e. The van der Waals surface area contributed by atoms with E-state index in [4.69, 9.17) is 4.74 Å². The Hall–Kier alpha value is -3.16. The minimum absolute atomic E-state index is 0.110. The number of para-hydroxylation sites is 1. The van der Waals surface area contributed by atoms with E-state index in [1.165, 1.54) is 19.2 Å². The molecule has 2 amide bonds. The SMILES string of the molecule is CN1CCC2(CCC1=O)CC(NC(=O)c1ccc(=O)n(C)n1)c1ccccc1O2. The maximum Gasteiger partial charge on any atom is 0.272 e. The first kappa shape index (κ1) is 19.2.